The molecule has 3 aromatic rings. The molecule has 31 heavy (non-hydrogen) atoms. The molecule has 1 amide bonds. The van der Waals surface area contributed by atoms with Crippen molar-refractivity contribution in [2.45, 2.75) is 30.5 Å². The van der Waals surface area contributed by atoms with Crippen LogP contribution in [0.3, 0.4) is 0 Å². The van der Waals surface area contributed by atoms with E-state index in [-0.39, 0.29) is 11.5 Å². The van der Waals surface area contributed by atoms with Crippen LogP contribution in [0.25, 0.3) is 11.3 Å². The van der Waals surface area contributed by atoms with E-state index in [4.69, 9.17) is 5.11 Å². The van der Waals surface area contributed by atoms with E-state index in [0.717, 1.165) is 16.8 Å². The Labute approximate surface area is 185 Å². The van der Waals surface area contributed by atoms with Crippen molar-refractivity contribution in [3.63, 3.8) is 0 Å². The Morgan fingerprint density at radius 3 is 2.55 bits per heavy atom. The Morgan fingerprint density at radius 1 is 1.16 bits per heavy atom. The molecule has 1 atom stereocenters. The molecule has 3 rings (SSSR count). The van der Waals surface area contributed by atoms with E-state index in [1.165, 1.54) is 23.9 Å². The molecule has 1 unspecified atom stereocenters. The minimum absolute atomic E-state index is 0.0951. The predicted molar refractivity (Wildman–Crippen MR) is 121 cm³/mol. The first-order chi connectivity index (χ1) is 14.9. The van der Waals surface area contributed by atoms with E-state index in [1.54, 1.807) is 24.3 Å². The smallest absolute Gasteiger partial charge is 0.335 e. The van der Waals surface area contributed by atoms with Gasteiger partial charge in [-0.15, -0.1) is 0 Å². The average Bonchev–Trinajstić information content (AvgIpc) is 2.77. The second-order valence-corrected chi connectivity index (χ2v) is 8.11. The number of rotatable bonds is 7. The first-order valence-corrected chi connectivity index (χ1v) is 10.6. The van der Waals surface area contributed by atoms with Crippen LogP contribution in [0.15, 0.2) is 65.7 Å². The van der Waals surface area contributed by atoms with Crippen LogP contribution in [-0.4, -0.2) is 27.2 Å². The summed E-state index contributed by atoms with van der Waals surface area (Å²) in [6, 6.07) is 19.7. The number of hydrogen-bond acceptors (Lipinski definition) is 5. The van der Waals surface area contributed by atoms with Crippen molar-refractivity contribution < 1.29 is 14.7 Å². The summed E-state index contributed by atoms with van der Waals surface area (Å²) in [5.74, 6) is -1.34. The molecule has 1 heterocycles. The highest BCUT2D eigenvalue weighted by Gasteiger charge is 2.21. The van der Waals surface area contributed by atoms with E-state index in [1.807, 2.05) is 38.1 Å². The number of amides is 1. The van der Waals surface area contributed by atoms with Crippen LogP contribution in [-0.2, 0) is 4.79 Å². The number of carboxylic acid groups (broad SMARTS) is 1. The summed E-state index contributed by atoms with van der Waals surface area (Å²) in [5.41, 5.74) is 3.70. The highest BCUT2D eigenvalue weighted by molar-refractivity contribution is 8.00. The fourth-order valence-electron chi connectivity index (χ4n) is 2.91. The van der Waals surface area contributed by atoms with Crippen molar-refractivity contribution >= 4 is 29.3 Å². The molecule has 7 heteroatoms. The van der Waals surface area contributed by atoms with E-state index in [9.17, 15) is 14.9 Å². The van der Waals surface area contributed by atoms with Crippen molar-refractivity contribution in [1.82, 2.24) is 4.98 Å². The van der Waals surface area contributed by atoms with Crippen molar-refractivity contribution in [3.05, 3.63) is 77.4 Å². The summed E-state index contributed by atoms with van der Waals surface area (Å²) in [6.07, 6.45) is 0.510. The number of nitrogens with one attached hydrogen (secondary N) is 1. The van der Waals surface area contributed by atoms with Crippen molar-refractivity contribution in [1.29, 1.82) is 5.26 Å². The van der Waals surface area contributed by atoms with Gasteiger partial charge in [0, 0.05) is 11.3 Å². The fraction of sp³-hybridized carbons (Fsp3) is 0.167. The molecular weight excluding hydrogens is 410 g/mol. The maximum atomic E-state index is 12.8. The summed E-state index contributed by atoms with van der Waals surface area (Å²) in [5, 5.41) is 21.4. The van der Waals surface area contributed by atoms with Gasteiger partial charge in [-0.2, -0.15) is 5.26 Å². The quantitative estimate of drug-likeness (QED) is 0.502. The minimum atomic E-state index is -1.06. The number of aryl methyl sites for hydroxylation is 1. The maximum absolute atomic E-state index is 12.8. The van der Waals surface area contributed by atoms with Gasteiger partial charge in [-0.25, -0.2) is 9.78 Å². The van der Waals surface area contributed by atoms with Gasteiger partial charge in [0.25, 0.3) is 0 Å². The molecule has 0 fully saturated rings. The minimum Gasteiger partial charge on any atom is -0.478 e. The Morgan fingerprint density at radius 2 is 1.90 bits per heavy atom. The monoisotopic (exact) mass is 431 g/mol. The molecule has 0 aliphatic heterocycles. The van der Waals surface area contributed by atoms with E-state index in [2.05, 4.69) is 16.4 Å². The zero-order chi connectivity index (χ0) is 22.4. The maximum Gasteiger partial charge on any atom is 0.335 e. The number of nitriles is 1. The molecule has 0 aliphatic carbocycles. The van der Waals surface area contributed by atoms with Crippen molar-refractivity contribution in [2.24, 2.45) is 0 Å². The molecule has 0 saturated heterocycles. The predicted octanol–water partition coefficient (Wildman–Crippen LogP) is 5.14. The molecule has 1 aromatic heterocycles. The number of aromatic nitrogens is 1. The first kappa shape index (κ1) is 22.1. The number of pyridine rings is 1. The van der Waals surface area contributed by atoms with Crippen molar-refractivity contribution in [2.75, 3.05) is 5.32 Å². The molecule has 0 spiro atoms. The Bertz CT molecular complexity index is 1150. The van der Waals surface area contributed by atoms with Crippen LogP contribution in [0.2, 0.25) is 0 Å². The van der Waals surface area contributed by atoms with Crippen LogP contribution < -0.4 is 5.32 Å². The lowest BCUT2D eigenvalue weighted by atomic mass is 10.1. The molecule has 0 saturated carbocycles. The summed E-state index contributed by atoms with van der Waals surface area (Å²) in [6.45, 7) is 3.88. The lowest BCUT2D eigenvalue weighted by Gasteiger charge is -2.16. The van der Waals surface area contributed by atoms with Crippen LogP contribution in [0, 0.1) is 18.3 Å². The third-order valence-corrected chi connectivity index (χ3v) is 5.99. The van der Waals surface area contributed by atoms with Gasteiger partial charge in [-0.3, -0.25) is 4.79 Å². The number of carbonyl (C=O) groups excluding carboxylic acids is 1. The lowest BCUT2D eigenvalue weighted by molar-refractivity contribution is -0.115. The topological polar surface area (TPSA) is 103 Å². The van der Waals surface area contributed by atoms with Gasteiger partial charge in [-0.05, 0) is 43.7 Å². The third kappa shape index (κ3) is 5.50. The van der Waals surface area contributed by atoms with Gasteiger partial charge in [0.05, 0.1) is 22.1 Å². The van der Waals surface area contributed by atoms with Gasteiger partial charge in [0.2, 0.25) is 5.91 Å². The second kappa shape index (κ2) is 9.92. The van der Waals surface area contributed by atoms with Gasteiger partial charge in [0.1, 0.15) is 11.1 Å². The van der Waals surface area contributed by atoms with Gasteiger partial charge < -0.3 is 10.4 Å². The second-order valence-electron chi connectivity index (χ2n) is 6.92. The molecule has 0 bridgehead atoms. The Kier molecular flexibility index (Phi) is 7.06. The number of carboxylic acids is 1. The van der Waals surface area contributed by atoms with Gasteiger partial charge >= 0.3 is 5.97 Å². The van der Waals surface area contributed by atoms with E-state index in [0.29, 0.717) is 22.7 Å². The normalized spacial score (nSPS) is 11.4. The molecule has 156 valence electrons. The Hall–Kier alpha value is -3.63. The highest BCUT2D eigenvalue weighted by atomic mass is 32.2. The summed E-state index contributed by atoms with van der Waals surface area (Å²) in [4.78, 5) is 28.6. The number of aromatic carboxylic acids is 1. The fourth-order valence-corrected chi connectivity index (χ4v) is 3.90. The van der Waals surface area contributed by atoms with Gasteiger partial charge in [0.15, 0.2) is 0 Å². The van der Waals surface area contributed by atoms with Crippen LogP contribution in [0.5, 0.6) is 0 Å². The number of benzene rings is 2. The molecule has 2 aromatic carbocycles. The molecule has 0 aliphatic rings. The lowest BCUT2D eigenvalue weighted by Crippen LogP contribution is -2.25. The van der Waals surface area contributed by atoms with Crippen LogP contribution in [0.1, 0.15) is 34.8 Å². The SMILES string of the molecule is CCC(Sc1nc(-c2ccc(C)cc2)ccc1C#N)C(=O)Nc1cccc(C(=O)O)c1. The highest BCUT2D eigenvalue weighted by Crippen LogP contribution is 2.30. The largest absolute Gasteiger partial charge is 0.478 e. The Balaban J connectivity index is 1.83. The van der Waals surface area contributed by atoms with Crippen LogP contribution in [0.4, 0.5) is 5.69 Å². The molecule has 0 radical (unpaired) electrons. The summed E-state index contributed by atoms with van der Waals surface area (Å²) in [7, 11) is 0. The zero-order valence-electron chi connectivity index (χ0n) is 17.1. The molecule has 2 N–H and O–H groups in total. The number of nitrogens with zero attached hydrogens (tertiary/aromatic N) is 2. The third-order valence-electron chi connectivity index (χ3n) is 4.62. The van der Waals surface area contributed by atoms with Crippen LogP contribution >= 0.6 is 11.8 Å². The summed E-state index contributed by atoms with van der Waals surface area (Å²) >= 11 is 1.23. The number of thioether (sulfide) groups is 1. The zero-order valence-corrected chi connectivity index (χ0v) is 17.9. The number of carbonyl (C=O) groups is 2. The molecule has 6 nitrogen and oxygen atoms in total. The van der Waals surface area contributed by atoms with Crippen molar-refractivity contribution in [3.8, 4) is 17.3 Å². The van der Waals surface area contributed by atoms with E-state index < -0.39 is 11.2 Å². The summed E-state index contributed by atoms with van der Waals surface area (Å²) < 4.78 is 0. The van der Waals surface area contributed by atoms with E-state index >= 15 is 0 Å². The van der Waals surface area contributed by atoms with Gasteiger partial charge in [-0.1, -0.05) is 54.6 Å². The first-order valence-electron chi connectivity index (χ1n) is 9.70. The average molecular weight is 432 g/mol. The number of anilines is 1. The standard InChI is InChI=1S/C24H21N3O3S/c1-3-21(22(28)26-19-6-4-5-17(13-19)24(29)30)31-23-18(14-25)11-12-20(27-23)16-9-7-15(2)8-10-16/h4-13,21H,3H2,1-2H3,(H,26,28)(H,29,30). The molecular formula is C24H21N3O3S. The number of hydrogen-bond donors (Lipinski definition) is 2.